The van der Waals surface area contributed by atoms with Gasteiger partial charge in [-0.2, -0.15) is 0 Å². The van der Waals surface area contributed by atoms with Gasteiger partial charge in [-0.1, -0.05) is 12.1 Å². The van der Waals surface area contributed by atoms with Crippen molar-refractivity contribution in [3.8, 4) is 5.75 Å². The Hall–Kier alpha value is -1.06. The molecular weight excluding hydrogens is 200 g/mol. The van der Waals surface area contributed by atoms with E-state index in [0.29, 0.717) is 0 Å². The molecule has 0 amide bonds. The van der Waals surface area contributed by atoms with E-state index in [4.69, 9.17) is 4.74 Å². The van der Waals surface area contributed by atoms with Gasteiger partial charge in [-0.3, -0.25) is 0 Å². The van der Waals surface area contributed by atoms with Gasteiger partial charge in [0.1, 0.15) is 5.75 Å². The first-order valence-electron chi connectivity index (χ1n) is 5.83. The van der Waals surface area contributed by atoms with Crippen LogP contribution in [0.1, 0.15) is 19.4 Å². The van der Waals surface area contributed by atoms with Crippen LogP contribution in [0, 0.1) is 0 Å². The highest BCUT2D eigenvalue weighted by Gasteiger charge is 1.98. The largest absolute Gasteiger partial charge is 0.491 e. The Labute approximate surface area is 98.2 Å². The molecule has 16 heavy (non-hydrogen) atoms. The Kier molecular flexibility index (Phi) is 5.90. The molecule has 0 saturated heterocycles. The molecule has 0 aliphatic heterocycles. The van der Waals surface area contributed by atoms with Gasteiger partial charge >= 0.3 is 0 Å². The van der Waals surface area contributed by atoms with Crippen LogP contribution in [-0.2, 0) is 6.54 Å². The van der Waals surface area contributed by atoms with Gasteiger partial charge in [0.05, 0.1) is 6.10 Å². The van der Waals surface area contributed by atoms with Crippen LogP contribution in [0.15, 0.2) is 24.3 Å². The number of nitrogens with one attached hydrogen (secondary N) is 2. The Bertz CT molecular complexity index is 300. The highest BCUT2D eigenvalue weighted by molar-refractivity contribution is 5.28. The molecule has 0 fully saturated rings. The smallest absolute Gasteiger partial charge is 0.120 e. The summed E-state index contributed by atoms with van der Waals surface area (Å²) in [4.78, 5) is 0. The summed E-state index contributed by atoms with van der Waals surface area (Å²) in [6.45, 7) is 6.93. The highest BCUT2D eigenvalue weighted by atomic mass is 16.5. The van der Waals surface area contributed by atoms with Crippen LogP contribution in [0.2, 0.25) is 0 Å². The molecular formula is C13H22N2O. The van der Waals surface area contributed by atoms with Crippen molar-refractivity contribution in [2.45, 2.75) is 26.5 Å². The fraction of sp³-hybridized carbons (Fsp3) is 0.538. The molecule has 0 radical (unpaired) electrons. The van der Waals surface area contributed by atoms with Gasteiger partial charge in [0, 0.05) is 19.6 Å². The van der Waals surface area contributed by atoms with Crippen molar-refractivity contribution in [3.63, 3.8) is 0 Å². The SMILES string of the molecule is CNCCNCc1cccc(OC(C)C)c1. The summed E-state index contributed by atoms with van der Waals surface area (Å²) >= 11 is 0. The molecule has 0 atom stereocenters. The van der Waals surface area contributed by atoms with Gasteiger partial charge in [-0.25, -0.2) is 0 Å². The van der Waals surface area contributed by atoms with Crippen molar-refractivity contribution >= 4 is 0 Å². The van der Waals surface area contributed by atoms with Gasteiger partial charge in [0.25, 0.3) is 0 Å². The van der Waals surface area contributed by atoms with Crippen LogP contribution in [0.3, 0.4) is 0 Å². The summed E-state index contributed by atoms with van der Waals surface area (Å²) in [5.41, 5.74) is 1.26. The third-order valence-electron chi connectivity index (χ3n) is 2.15. The van der Waals surface area contributed by atoms with E-state index in [1.54, 1.807) is 0 Å². The van der Waals surface area contributed by atoms with Crippen LogP contribution >= 0.6 is 0 Å². The molecule has 0 aromatic heterocycles. The zero-order valence-corrected chi connectivity index (χ0v) is 10.4. The van der Waals surface area contributed by atoms with Crippen molar-refractivity contribution in [1.29, 1.82) is 0 Å². The summed E-state index contributed by atoms with van der Waals surface area (Å²) in [5.74, 6) is 0.947. The third kappa shape index (κ3) is 5.14. The predicted molar refractivity (Wildman–Crippen MR) is 67.8 cm³/mol. The predicted octanol–water partition coefficient (Wildman–Crippen LogP) is 1.78. The fourth-order valence-corrected chi connectivity index (χ4v) is 1.45. The average Bonchev–Trinajstić information content (AvgIpc) is 2.24. The fourth-order valence-electron chi connectivity index (χ4n) is 1.45. The number of likely N-dealkylation sites (N-methyl/N-ethyl adjacent to an activating group) is 1. The number of ether oxygens (including phenoxy) is 1. The number of hydrogen-bond acceptors (Lipinski definition) is 3. The van der Waals surface area contributed by atoms with E-state index in [1.165, 1.54) is 5.56 Å². The molecule has 0 aliphatic carbocycles. The van der Waals surface area contributed by atoms with Crippen LogP contribution in [0.5, 0.6) is 5.75 Å². The Balaban J connectivity index is 2.41. The Morgan fingerprint density at radius 1 is 1.25 bits per heavy atom. The second-order valence-electron chi connectivity index (χ2n) is 4.09. The zero-order chi connectivity index (χ0) is 11.8. The molecule has 0 bridgehead atoms. The van der Waals surface area contributed by atoms with Crippen LogP contribution in [0.25, 0.3) is 0 Å². The monoisotopic (exact) mass is 222 g/mol. The lowest BCUT2D eigenvalue weighted by atomic mass is 10.2. The maximum Gasteiger partial charge on any atom is 0.120 e. The molecule has 1 aromatic rings. The molecule has 2 N–H and O–H groups in total. The van der Waals surface area contributed by atoms with E-state index in [1.807, 2.05) is 33.0 Å². The molecule has 3 heteroatoms. The van der Waals surface area contributed by atoms with E-state index in [0.717, 1.165) is 25.4 Å². The lowest BCUT2D eigenvalue weighted by molar-refractivity contribution is 0.242. The topological polar surface area (TPSA) is 33.3 Å². The van der Waals surface area contributed by atoms with E-state index in [2.05, 4.69) is 22.8 Å². The molecule has 0 heterocycles. The maximum atomic E-state index is 5.64. The van der Waals surface area contributed by atoms with Gasteiger partial charge in [0.2, 0.25) is 0 Å². The highest BCUT2D eigenvalue weighted by Crippen LogP contribution is 2.14. The second kappa shape index (κ2) is 7.25. The molecule has 0 aliphatic rings. The van der Waals surface area contributed by atoms with E-state index >= 15 is 0 Å². The molecule has 0 saturated carbocycles. The molecule has 1 aromatic carbocycles. The summed E-state index contributed by atoms with van der Waals surface area (Å²) < 4.78 is 5.64. The van der Waals surface area contributed by atoms with E-state index in [-0.39, 0.29) is 6.10 Å². The molecule has 0 spiro atoms. The summed E-state index contributed by atoms with van der Waals surface area (Å²) in [7, 11) is 1.96. The van der Waals surface area contributed by atoms with Gasteiger partial charge in [0.15, 0.2) is 0 Å². The average molecular weight is 222 g/mol. The van der Waals surface area contributed by atoms with Crippen LogP contribution in [0.4, 0.5) is 0 Å². The lowest BCUT2D eigenvalue weighted by Crippen LogP contribution is -2.24. The number of rotatable bonds is 7. The molecule has 1 rings (SSSR count). The first-order valence-corrected chi connectivity index (χ1v) is 5.83. The van der Waals surface area contributed by atoms with Gasteiger partial charge in [-0.15, -0.1) is 0 Å². The first-order chi connectivity index (χ1) is 7.72. The van der Waals surface area contributed by atoms with Crippen molar-refractivity contribution < 1.29 is 4.74 Å². The minimum Gasteiger partial charge on any atom is -0.491 e. The molecule has 3 nitrogen and oxygen atoms in total. The summed E-state index contributed by atoms with van der Waals surface area (Å²) in [5, 5.41) is 6.47. The van der Waals surface area contributed by atoms with Gasteiger partial charge in [-0.05, 0) is 38.6 Å². The minimum absolute atomic E-state index is 0.229. The Morgan fingerprint density at radius 2 is 2.06 bits per heavy atom. The number of benzene rings is 1. The van der Waals surface area contributed by atoms with Crippen LogP contribution in [-0.4, -0.2) is 26.2 Å². The van der Waals surface area contributed by atoms with Crippen LogP contribution < -0.4 is 15.4 Å². The van der Waals surface area contributed by atoms with Crippen molar-refractivity contribution in [3.05, 3.63) is 29.8 Å². The van der Waals surface area contributed by atoms with Crippen molar-refractivity contribution in [2.75, 3.05) is 20.1 Å². The third-order valence-corrected chi connectivity index (χ3v) is 2.15. The first kappa shape index (κ1) is 13.0. The lowest BCUT2D eigenvalue weighted by Gasteiger charge is -2.11. The van der Waals surface area contributed by atoms with Crippen molar-refractivity contribution in [2.24, 2.45) is 0 Å². The van der Waals surface area contributed by atoms with Crippen molar-refractivity contribution in [1.82, 2.24) is 10.6 Å². The quantitative estimate of drug-likeness (QED) is 0.690. The maximum absolute atomic E-state index is 5.64. The Morgan fingerprint density at radius 3 is 2.75 bits per heavy atom. The number of hydrogen-bond donors (Lipinski definition) is 2. The summed E-state index contributed by atoms with van der Waals surface area (Å²) in [6.07, 6.45) is 0.229. The van der Waals surface area contributed by atoms with Gasteiger partial charge < -0.3 is 15.4 Å². The second-order valence-corrected chi connectivity index (χ2v) is 4.09. The zero-order valence-electron chi connectivity index (χ0n) is 10.4. The standard InChI is InChI=1S/C13H22N2O/c1-11(2)16-13-6-4-5-12(9-13)10-15-8-7-14-3/h4-6,9,11,14-15H,7-8,10H2,1-3H3. The molecule has 0 unspecified atom stereocenters. The van der Waals surface area contributed by atoms with E-state index in [9.17, 15) is 0 Å². The van der Waals surface area contributed by atoms with E-state index < -0.39 is 0 Å². The minimum atomic E-state index is 0.229. The normalized spacial score (nSPS) is 10.8. The molecule has 90 valence electrons. The summed E-state index contributed by atoms with van der Waals surface area (Å²) in [6, 6.07) is 8.23.